The van der Waals surface area contributed by atoms with Crippen LogP contribution < -0.4 is 0 Å². The van der Waals surface area contributed by atoms with Gasteiger partial charge in [-0.2, -0.15) is 8.42 Å². The van der Waals surface area contributed by atoms with Crippen molar-refractivity contribution in [1.82, 2.24) is 0 Å². The molecular weight excluding hydrogens is 332 g/mol. The Morgan fingerprint density at radius 3 is 2.16 bits per heavy atom. The highest BCUT2D eigenvalue weighted by molar-refractivity contribution is 7.86. The van der Waals surface area contributed by atoms with Gasteiger partial charge in [0.1, 0.15) is 0 Å². The molecule has 0 unspecified atom stereocenters. The Labute approximate surface area is 154 Å². The minimum absolute atomic E-state index is 0.263. The van der Waals surface area contributed by atoms with E-state index in [9.17, 15) is 8.42 Å². The summed E-state index contributed by atoms with van der Waals surface area (Å²) in [7, 11) is -3.61. The Balaban J connectivity index is 1.67. The first-order valence-corrected chi connectivity index (χ1v) is 11.4. The highest BCUT2D eigenvalue weighted by Crippen LogP contribution is 2.32. The van der Waals surface area contributed by atoms with Crippen LogP contribution in [0.15, 0.2) is 29.2 Å². The van der Waals surface area contributed by atoms with Crippen molar-refractivity contribution in [2.75, 3.05) is 6.61 Å². The summed E-state index contributed by atoms with van der Waals surface area (Å²) in [6.07, 6.45) is 12.8. The standard InChI is InChI=1S/C21H34O3S/c1-3-4-5-6-7-8-19-11-13-20(14-12-19)17-24-25(22,23)21-15-9-18(2)10-16-21/h9-10,15-16,19-20H,3-8,11-14,17H2,1-2H3. The zero-order valence-electron chi connectivity index (χ0n) is 15.9. The maximum absolute atomic E-state index is 12.3. The van der Waals surface area contributed by atoms with E-state index in [1.807, 2.05) is 19.1 Å². The summed E-state index contributed by atoms with van der Waals surface area (Å²) >= 11 is 0. The molecule has 0 aromatic heterocycles. The third kappa shape index (κ3) is 7.10. The quantitative estimate of drug-likeness (QED) is 0.384. The highest BCUT2D eigenvalue weighted by atomic mass is 32.2. The average Bonchev–Trinajstić information content (AvgIpc) is 2.61. The largest absolute Gasteiger partial charge is 0.296 e. The maximum Gasteiger partial charge on any atom is 0.296 e. The van der Waals surface area contributed by atoms with Crippen molar-refractivity contribution in [2.24, 2.45) is 11.8 Å². The van der Waals surface area contributed by atoms with E-state index >= 15 is 0 Å². The molecule has 0 heterocycles. The molecule has 0 N–H and O–H groups in total. The van der Waals surface area contributed by atoms with E-state index in [0.29, 0.717) is 12.5 Å². The molecule has 0 bridgehead atoms. The predicted molar refractivity (Wildman–Crippen MR) is 103 cm³/mol. The van der Waals surface area contributed by atoms with Crippen LogP contribution in [0, 0.1) is 18.8 Å². The summed E-state index contributed by atoms with van der Waals surface area (Å²) in [5.41, 5.74) is 1.05. The van der Waals surface area contributed by atoms with Gasteiger partial charge in [-0.05, 0) is 43.7 Å². The molecule has 1 fully saturated rings. The molecule has 4 heteroatoms. The SMILES string of the molecule is CCCCCCCC1CCC(COS(=O)(=O)c2ccc(C)cc2)CC1. The van der Waals surface area contributed by atoms with E-state index in [-0.39, 0.29) is 4.90 Å². The molecule has 0 amide bonds. The van der Waals surface area contributed by atoms with Gasteiger partial charge in [0.25, 0.3) is 10.1 Å². The van der Waals surface area contributed by atoms with Crippen LogP contribution in [0.1, 0.15) is 76.7 Å². The van der Waals surface area contributed by atoms with E-state index in [1.54, 1.807) is 12.1 Å². The molecule has 1 aromatic rings. The fourth-order valence-corrected chi connectivity index (χ4v) is 4.66. The molecule has 2 rings (SSSR count). The van der Waals surface area contributed by atoms with E-state index < -0.39 is 10.1 Å². The second-order valence-electron chi connectivity index (χ2n) is 7.64. The molecule has 1 aromatic carbocycles. The zero-order chi connectivity index (χ0) is 18.1. The lowest BCUT2D eigenvalue weighted by Gasteiger charge is -2.28. The normalized spacial score (nSPS) is 21.4. The first-order chi connectivity index (χ1) is 12.0. The molecule has 1 saturated carbocycles. The maximum atomic E-state index is 12.3. The summed E-state index contributed by atoms with van der Waals surface area (Å²) in [6, 6.07) is 6.87. The minimum Gasteiger partial charge on any atom is -0.266 e. The van der Waals surface area contributed by atoms with Gasteiger partial charge in [-0.15, -0.1) is 0 Å². The monoisotopic (exact) mass is 366 g/mol. The molecule has 0 radical (unpaired) electrons. The predicted octanol–water partition coefficient (Wildman–Crippen LogP) is 5.87. The molecular formula is C21H34O3S. The third-order valence-electron chi connectivity index (χ3n) is 5.45. The lowest BCUT2D eigenvalue weighted by Crippen LogP contribution is -2.20. The number of aryl methyl sites for hydroxylation is 1. The van der Waals surface area contributed by atoms with Gasteiger partial charge in [-0.1, -0.05) is 76.0 Å². The Morgan fingerprint density at radius 2 is 1.52 bits per heavy atom. The van der Waals surface area contributed by atoms with Crippen molar-refractivity contribution in [3.63, 3.8) is 0 Å². The van der Waals surface area contributed by atoms with E-state index in [0.717, 1.165) is 24.3 Å². The molecule has 25 heavy (non-hydrogen) atoms. The number of hydrogen-bond donors (Lipinski definition) is 0. The Hall–Kier alpha value is -0.870. The molecule has 3 nitrogen and oxygen atoms in total. The molecule has 1 aliphatic rings. The van der Waals surface area contributed by atoms with Crippen LogP contribution in [0.3, 0.4) is 0 Å². The average molecular weight is 367 g/mol. The van der Waals surface area contributed by atoms with Crippen molar-refractivity contribution in [1.29, 1.82) is 0 Å². The van der Waals surface area contributed by atoms with Crippen LogP contribution in [0.5, 0.6) is 0 Å². The molecule has 1 aliphatic carbocycles. The number of benzene rings is 1. The Morgan fingerprint density at radius 1 is 0.920 bits per heavy atom. The van der Waals surface area contributed by atoms with Gasteiger partial charge >= 0.3 is 0 Å². The van der Waals surface area contributed by atoms with Crippen LogP contribution >= 0.6 is 0 Å². The van der Waals surface area contributed by atoms with Crippen LogP contribution in [0.2, 0.25) is 0 Å². The smallest absolute Gasteiger partial charge is 0.266 e. The molecule has 0 aliphatic heterocycles. The molecule has 0 atom stereocenters. The van der Waals surface area contributed by atoms with Crippen LogP contribution in [0.25, 0.3) is 0 Å². The van der Waals surface area contributed by atoms with Gasteiger partial charge < -0.3 is 0 Å². The van der Waals surface area contributed by atoms with Gasteiger partial charge in [0.2, 0.25) is 0 Å². The third-order valence-corrected chi connectivity index (χ3v) is 6.75. The lowest BCUT2D eigenvalue weighted by atomic mass is 9.80. The fourth-order valence-electron chi connectivity index (χ4n) is 3.68. The van der Waals surface area contributed by atoms with Crippen molar-refractivity contribution >= 4 is 10.1 Å². The van der Waals surface area contributed by atoms with E-state index in [4.69, 9.17) is 4.18 Å². The second-order valence-corrected chi connectivity index (χ2v) is 9.26. The van der Waals surface area contributed by atoms with Crippen LogP contribution in [-0.2, 0) is 14.3 Å². The van der Waals surface area contributed by atoms with Crippen molar-refractivity contribution in [3.8, 4) is 0 Å². The fraction of sp³-hybridized carbons (Fsp3) is 0.714. The highest BCUT2D eigenvalue weighted by Gasteiger charge is 2.24. The number of unbranched alkanes of at least 4 members (excludes halogenated alkanes) is 4. The molecule has 0 saturated heterocycles. The summed E-state index contributed by atoms with van der Waals surface area (Å²) in [6.45, 7) is 4.53. The second kappa shape index (κ2) is 10.3. The first kappa shape index (κ1) is 20.4. The minimum atomic E-state index is -3.61. The summed E-state index contributed by atoms with van der Waals surface area (Å²) < 4.78 is 29.8. The van der Waals surface area contributed by atoms with Gasteiger partial charge in [0.15, 0.2) is 0 Å². The van der Waals surface area contributed by atoms with Crippen LogP contribution in [-0.4, -0.2) is 15.0 Å². The number of rotatable bonds is 10. The van der Waals surface area contributed by atoms with E-state index in [2.05, 4.69) is 6.92 Å². The van der Waals surface area contributed by atoms with Gasteiger partial charge in [0.05, 0.1) is 11.5 Å². The number of hydrogen-bond acceptors (Lipinski definition) is 3. The van der Waals surface area contributed by atoms with Gasteiger partial charge in [0, 0.05) is 0 Å². The van der Waals surface area contributed by atoms with Crippen molar-refractivity contribution in [2.45, 2.75) is 83.0 Å². The summed E-state index contributed by atoms with van der Waals surface area (Å²) in [4.78, 5) is 0.263. The first-order valence-electron chi connectivity index (χ1n) is 9.97. The van der Waals surface area contributed by atoms with Crippen molar-refractivity contribution < 1.29 is 12.6 Å². The molecule has 142 valence electrons. The lowest BCUT2D eigenvalue weighted by molar-refractivity contribution is 0.181. The Bertz CT molecular complexity index is 584. The zero-order valence-corrected chi connectivity index (χ0v) is 16.7. The summed E-state index contributed by atoms with van der Waals surface area (Å²) in [5, 5.41) is 0. The topological polar surface area (TPSA) is 43.4 Å². The summed E-state index contributed by atoms with van der Waals surface area (Å²) in [5.74, 6) is 1.23. The molecule has 0 spiro atoms. The van der Waals surface area contributed by atoms with E-state index in [1.165, 1.54) is 51.4 Å². The van der Waals surface area contributed by atoms with Gasteiger partial charge in [-0.3, -0.25) is 4.18 Å². The van der Waals surface area contributed by atoms with Gasteiger partial charge in [-0.25, -0.2) is 0 Å². The van der Waals surface area contributed by atoms with Crippen molar-refractivity contribution in [3.05, 3.63) is 29.8 Å². The van der Waals surface area contributed by atoms with Crippen LogP contribution in [0.4, 0.5) is 0 Å². The Kier molecular flexibility index (Phi) is 8.44.